The van der Waals surface area contributed by atoms with Gasteiger partial charge in [-0.3, -0.25) is 0 Å². The second-order valence-corrected chi connectivity index (χ2v) is 3.26. The van der Waals surface area contributed by atoms with Gasteiger partial charge in [0.25, 0.3) is 0 Å². The lowest BCUT2D eigenvalue weighted by Gasteiger charge is -2.24. The molecule has 0 unspecified atom stereocenters. The van der Waals surface area contributed by atoms with E-state index < -0.39 is 0 Å². The van der Waals surface area contributed by atoms with Crippen molar-refractivity contribution in [2.75, 3.05) is 13.1 Å². The molecule has 2 aliphatic rings. The Labute approximate surface area is 72.6 Å². The average Bonchev–Trinajstić information content (AvgIpc) is 2.44. The lowest BCUT2D eigenvalue weighted by atomic mass is 9.69. The van der Waals surface area contributed by atoms with E-state index in [0.717, 1.165) is 32.5 Å². The Morgan fingerprint density at radius 1 is 1.58 bits per heavy atom. The molecule has 2 heterocycles. The molecule has 0 N–H and O–H groups in total. The van der Waals surface area contributed by atoms with Gasteiger partial charge in [-0.1, -0.05) is 6.82 Å². The third-order valence-corrected chi connectivity index (χ3v) is 2.45. The van der Waals surface area contributed by atoms with Gasteiger partial charge in [-0.25, -0.2) is 4.79 Å². The Hall–Kier alpha value is -0.925. The molecule has 0 aromatic carbocycles. The molecule has 1 fully saturated rings. The molecule has 0 spiro atoms. The van der Waals surface area contributed by atoms with E-state index in [0.29, 0.717) is 6.54 Å². The predicted octanol–water partition coefficient (Wildman–Crippen LogP) is 0.293. The van der Waals surface area contributed by atoms with Crippen molar-refractivity contribution in [2.24, 2.45) is 0 Å². The fraction of sp³-hybridized carbons (Fsp3) is 0.625. The Bertz CT molecular complexity index is 249. The van der Waals surface area contributed by atoms with Gasteiger partial charge < -0.3 is 9.64 Å². The van der Waals surface area contributed by atoms with Gasteiger partial charge in [-0.15, -0.1) is 0 Å². The fourth-order valence-corrected chi connectivity index (χ4v) is 1.83. The molecule has 0 atom stereocenters. The van der Waals surface area contributed by atoms with Crippen molar-refractivity contribution < 1.29 is 9.53 Å². The smallest absolute Gasteiger partial charge is 0.332 e. The molecule has 2 aliphatic heterocycles. The monoisotopic (exact) mass is 165 g/mol. The molecule has 3 nitrogen and oxygen atoms in total. The van der Waals surface area contributed by atoms with Crippen LogP contribution in [-0.2, 0) is 9.53 Å². The first kappa shape index (κ1) is 7.71. The van der Waals surface area contributed by atoms with Crippen molar-refractivity contribution in [1.82, 2.24) is 4.90 Å². The number of rotatable bonds is 1. The number of carbonyl (C=O) groups excluding carboxylic acids is 1. The topological polar surface area (TPSA) is 29.5 Å². The molecule has 1 saturated heterocycles. The van der Waals surface area contributed by atoms with Gasteiger partial charge in [0.2, 0.25) is 0 Å². The normalized spacial score (nSPS) is 22.4. The number of hydrogen-bond donors (Lipinski definition) is 0. The first-order chi connectivity index (χ1) is 5.81. The van der Waals surface area contributed by atoms with Crippen LogP contribution in [0.2, 0.25) is 6.82 Å². The molecule has 0 saturated carbocycles. The van der Waals surface area contributed by atoms with Gasteiger partial charge >= 0.3 is 5.97 Å². The molecule has 0 aromatic rings. The summed E-state index contributed by atoms with van der Waals surface area (Å²) in [4.78, 5) is 13.0. The van der Waals surface area contributed by atoms with Crippen molar-refractivity contribution >= 4 is 13.2 Å². The van der Waals surface area contributed by atoms with Crippen LogP contribution in [0.3, 0.4) is 0 Å². The number of esters is 1. The molecule has 12 heavy (non-hydrogen) atoms. The highest BCUT2D eigenvalue weighted by molar-refractivity contribution is 6.43. The largest absolute Gasteiger partial charge is 0.409 e. The number of fused-ring (bicyclic) bond motifs is 1. The molecule has 0 aromatic heterocycles. The summed E-state index contributed by atoms with van der Waals surface area (Å²) in [6.07, 6.45) is 2.25. The van der Waals surface area contributed by atoms with Crippen molar-refractivity contribution in [3.05, 3.63) is 11.4 Å². The van der Waals surface area contributed by atoms with Crippen LogP contribution in [0, 0.1) is 0 Å². The van der Waals surface area contributed by atoms with Crippen LogP contribution >= 0.6 is 0 Å². The summed E-state index contributed by atoms with van der Waals surface area (Å²) in [6, 6.07) is 0. The lowest BCUT2D eigenvalue weighted by Crippen LogP contribution is -2.26. The van der Waals surface area contributed by atoms with Crippen molar-refractivity contribution in [2.45, 2.75) is 19.7 Å². The van der Waals surface area contributed by atoms with Crippen LogP contribution in [-0.4, -0.2) is 31.2 Å². The summed E-state index contributed by atoms with van der Waals surface area (Å²) in [5.41, 5.74) is 1.30. The quantitative estimate of drug-likeness (QED) is 0.413. The zero-order valence-corrected chi connectivity index (χ0v) is 7.30. The average molecular weight is 165 g/mol. The highest BCUT2D eigenvalue weighted by Crippen LogP contribution is 2.26. The van der Waals surface area contributed by atoms with E-state index in [9.17, 15) is 4.79 Å². The van der Waals surface area contributed by atoms with E-state index in [1.54, 1.807) is 0 Å². The Kier molecular flexibility index (Phi) is 1.83. The molecule has 2 rings (SSSR count). The second kappa shape index (κ2) is 2.85. The number of carbonyl (C=O) groups is 1. The van der Waals surface area contributed by atoms with Gasteiger partial charge in [0.1, 0.15) is 6.54 Å². The lowest BCUT2D eigenvalue weighted by molar-refractivity contribution is -0.134. The van der Waals surface area contributed by atoms with Crippen LogP contribution in [0.25, 0.3) is 0 Å². The van der Waals surface area contributed by atoms with Crippen molar-refractivity contribution in [3.63, 3.8) is 0 Å². The Morgan fingerprint density at radius 3 is 3.17 bits per heavy atom. The number of nitrogens with zero attached hydrogens (tertiary/aromatic N) is 1. The summed E-state index contributed by atoms with van der Waals surface area (Å²) in [6.45, 7) is 3.54. The summed E-state index contributed by atoms with van der Waals surface area (Å²) >= 11 is 0. The van der Waals surface area contributed by atoms with E-state index in [1.165, 1.54) is 5.47 Å². The Balaban J connectivity index is 2.28. The van der Waals surface area contributed by atoms with E-state index >= 15 is 0 Å². The molecular weight excluding hydrogens is 153 g/mol. The standard InChI is InChI=1S/C8H12BNO2/c1-9-6-3-2-4-10-5-7(11)12-8(6)10/h9H,2-5H2,1H3. The van der Waals surface area contributed by atoms with Gasteiger partial charge in [0, 0.05) is 6.54 Å². The maximum Gasteiger partial charge on any atom is 0.332 e. The van der Waals surface area contributed by atoms with E-state index in [2.05, 4.69) is 6.82 Å². The van der Waals surface area contributed by atoms with Crippen molar-refractivity contribution in [1.29, 1.82) is 0 Å². The third kappa shape index (κ3) is 1.11. The van der Waals surface area contributed by atoms with Crippen molar-refractivity contribution in [3.8, 4) is 0 Å². The van der Waals surface area contributed by atoms with E-state index in [-0.39, 0.29) is 5.97 Å². The fourth-order valence-electron chi connectivity index (χ4n) is 1.83. The van der Waals surface area contributed by atoms with Crippen LogP contribution in [0.1, 0.15) is 12.8 Å². The minimum absolute atomic E-state index is 0.0992. The zero-order valence-electron chi connectivity index (χ0n) is 7.30. The molecule has 64 valence electrons. The molecular formula is C8H12BNO2. The molecule has 0 bridgehead atoms. The van der Waals surface area contributed by atoms with Gasteiger partial charge in [0.05, 0.1) is 0 Å². The second-order valence-electron chi connectivity index (χ2n) is 3.26. The highest BCUT2D eigenvalue weighted by atomic mass is 16.6. The van der Waals surface area contributed by atoms with Gasteiger partial charge in [-0.05, 0) is 18.3 Å². The minimum Gasteiger partial charge on any atom is -0.409 e. The molecule has 0 aliphatic carbocycles. The van der Waals surface area contributed by atoms with E-state index in [1.807, 2.05) is 4.90 Å². The number of hydrogen-bond acceptors (Lipinski definition) is 3. The summed E-state index contributed by atoms with van der Waals surface area (Å²) < 4.78 is 5.14. The van der Waals surface area contributed by atoms with Crippen LogP contribution in [0.4, 0.5) is 0 Å². The first-order valence-electron chi connectivity index (χ1n) is 4.49. The molecule has 0 amide bonds. The third-order valence-electron chi connectivity index (χ3n) is 2.45. The summed E-state index contributed by atoms with van der Waals surface area (Å²) in [7, 11) is 0.999. The predicted molar refractivity (Wildman–Crippen MR) is 46.9 cm³/mol. The van der Waals surface area contributed by atoms with E-state index in [4.69, 9.17) is 4.74 Å². The summed E-state index contributed by atoms with van der Waals surface area (Å²) in [5, 5.41) is 0. The molecule has 0 radical (unpaired) electrons. The number of ether oxygens (including phenoxy) is 1. The maximum absolute atomic E-state index is 11.0. The van der Waals surface area contributed by atoms with Crippen LogP contribution < -0.4 is 0 Å². The number of allylic oxidation sites excluding steroid dienone is 1. The van der Waals surface area contributed by atoms with Gasteiger partial charge in [-0.2, -0.15) is 0 Å². The van der Waals surface area contributed by atoms with Crippen LogP contribution in [0.5, 0.6) is 0 Å². The maximum atomic E-state index is 11.0. The van der Waals surface area contributed by atoms with Crippen LogP contribution in [0.15, 0.2) is 11.4 Å². The highest BCUT2D eigenvalue weighted by Gasteiger charge is 2.30. The summed E-state index contributed by atoms with van der Waals surface area (Å²) in [5.74, 6) is 0.756. The van der Waals surface area contributed by atoms with Gasteiger partial charge in [0.15, 0.2) is 13.2 Å². The SMILES string of the molecule is CBC1=C2OC(=O)CN2CCC1. The Morgan fingerprint density at radius 2 is 2.42 bits per heavy atom. The zero-order chi connectivity index (χ0) is 8.55. The molecule has 4 heteroatoms. The minimum atomic E-state index is -0.0992. The first-order valence-corrected chi connectivity index (χ1v) is 4.49.